The van der Waals surface area contributed by atoms with E-state index < -0.39 is 6.61 Å². The molecule has 2 aromatic heterocycles. The smallest absolute Gasteiger partial charge is 0.387 e. The van der Waals surface area contributed by atoms with Gasteiger partial charge in [0.2, 0.25) is 5.91 Å². The molecule has 3 heterocycles. The molecule has 1 aliphatic heterocycles. The van der Waals surface area contributed by atoms with Gasteiger partial charge in [0.25, 0.3) is 0 Å². The second-order valence-corrected chi connectivity index (χ2v) is 8.08. The van der Waals surface area contributed by atoms with E-state index >= 15 is 0 Å². The fourth-order valence-corrected chi connectivity index (χ4v) is 4.11. The lowest BCUT2D eigenvalue weighted by molar-refractivity contribution is -0.113. The molecule has 4 rings (SSSR count). The molecule has 3 aromatic rings. The van der Waals surface area contributed by atoms with Crippen molar-refractivity contribution < 1.29 is 23.0 Å². The summed E-state index contributed by atoms with van der Waals surface area (Å²) in [6.07, 6.45) is 3.79. The number of anilines is 1. The lowest BCUT2D eigenvalue weighted by atomic mass is 10.2. The molecule has 0 radical (unpaired) electrons. The Kier molecular flexibility index (Phi) is 7.00. The van der Waals surface area contributed by atoms with Gasteiger partial charge in [-0.05, 0) is 31.0 Å². The van der Waals surface area contributed by atoms with Crippen molar-refractivity contribution in [3.8, 4) is 17.3 Å². The lowest BCUT2D eigenvalue weighted by Gasteiger charge is -2.14. The molecule has 1 atom stereocenters. The number of hydrogen-bond acceptors (Lipinski definition) is 7. The standard InChI is InChI=1S/C20H22F2N6O3S/c1-27-9-8-15(26-27)18-24-25-20(28(18)11-13-5-4-10-30-13)32-12-17(29)23-14-6-2-3-7-16(14)31-19(21)22/h2-3,6-9,13,19H,4-5,10-12H2,1H3,(H,23,29). The number of ether oxygens (including phenoxy) is 2. The molecule has 170 valence electrons. The number of aryl methyl sites for hydroxylation is 1. The number of carbonyl (C=O) groups is 1. The second kappa shape index (κ2) is 10.1. The van der Waals surface area contributed by atoms with Gasteiger partial charge in [-0.1, -0.05) is 23.9 Å². The monoisotopic (exact) mass is 464 g/mol. The number of carbonyl (C=O) groups excluding carboxylic acids is 1. The second-order valence-electron chi connectivity index (χ2n) is 7.14. The number of amides is 1. The molecule has 0 aliphatic carbocycles. The molecule has 9 nitrogen and oxygen atoms in total. The summed E-state index contributed by atoms with van der Waals surface area (Å²) in [6, 6.07) is 7.88. The third-order valence-electron chi connectivity index (χ3n) is 4.78. The largest absolute Gasteiger partial charge is 0.433 e. The number of rotatable bonds is 9. The Labute approximate surface area is 187 Å². The molecule has 32 heavy (non-hydrogen) atoms. The molecular weight excluding hydrogens is 442 g/mol. The van der Waals surface area contributed by atoms with Crippen molar-refractivity contribution >= 4 is 23.4 Å². The van der Waals surface area contributed by atoms with E-state index in [1.165, 1.54) is 23.9 Å². The average molecular weight is 464 g/mol. The van der Waals surface area contributed by atoms with Crippen LogP contribution in [-0.2, 0) is 23.1 Å². The molecule has 1 aromatic carbocycles. The van der Waals surface area contributed by atoms with Gasteiger partial charge in [-0.15, -0.1) is 10.2 Å². The van der Waals surface area contributed by atoms with Crippen molar-refractivity contribution in [1.82, 2.24) is 24.5 Å². The van der Waals surface area contributed by atoms with E-state index in [-0.39, 0.29) is 29.2 Å². The van der Waals surface area contributed by atoms with Crippen LogP contribution in [0.1, 0.15) is 12.8 Å². The fourth-order valence-electron chi connectivity index (χ4n) is 3.36. The Bertz CT molecular complexity index is 1070. The first-order valence-electron chi connectivity index (χ1n) is 10.0. The summed E-state index contributed by atoms with van der Waals surface area (Å²) < 4.78 is 39.0. The summed E-state index contributed by atoms with van der Waals surface area (Å²) in [5, 5.41) is 16.1. The van der Waals surface area contributed by atoms with E-state index in [0.29, 0.717) is 23.2 Å². The maximum Gasteiger partial charge on any atom is 0.387 e. The number of aromatic nitrogens is 5. The van der Waals surface area contributed by atoms with E-state index in [2.05, 4.69) is 25.3 Å². The first kappa shape index (κ1) is 22.2. The van der Waals surface area contributed by atoms with E-state index in [9.17, 15) is 13.6 Å². The van der Waals surface area contributed by atoms with Gasteiger partial charge in [-0.25, -0.2) is 0 Å². The van der Waals surface area contributed by atoms with Gasteiger partial charge in [0.05, 0.1) is 24.1 Å². The van der Waals surface area contributed by atoms with E-state index in [4.69, 9.17) is 4.74 Å². The summed E-state index contributed by atoms with van der Waals surface area (Å²) in [5.74, 6) is 0.125. The van der Waals surface area contributed by atoms with Crippen LogP contribution in [0, 0.1) is 0 Å². The highest BCUT2D eigenvalue weighted by molar-refractivity contribution is 7.99. The van der Waals surface area contributed by atoms with Gasteiger partial charge in [-0.3, -0.25) is 14.0 Å². The zero-order chi connectivity index (χ0) is 22.5. The van der Waals surface area contributed by atoms with Crippen LogP contribution in [-0.4, -0.2) is 55.5 Å². The summed E-state index contributed by atoms with van der Waals surface area (Å²) in [6.45, 7) is -1.71. The topological polar surface area (TPSA) is 96.1 Å². The summed E-state index contributed by atoms with van der Waals surface area (Å²) >= 11 is 1.20. The van der Waals surface area contributed by atoms with Crippen molar-refractivity contribution in [2.24, 2.45) is 7.05 Å². The minimum Gasteiger partial charge on any atom is -0.433 e. The van der Waals surface area contributed by atoms with Gasteiger partial charge in [0, 0.05) is 19.9 Å². The first-order valence-corrected chi connectivity index (χ1v) is 11.0. The highest BCUT2D eigenvalue weighted by Crippen LogP contribution is 2.28. The van der Waals surface area contributed by atoms with Gasteiger partial charge in [0.1, 0.15) is 11.4 Å². The number of alkyl halides is 2. The number of hydrogen-bond donors (Lipinski definition) is 1. The van der Waals surface area contributed by atoms with Crippen LogP contribution in [0.25, 0.3) is 11.5 Å². The maximum absolute atomic E-state index is 12.6. The van der Waals surface area contributed by atoms with Crippen LogP contribution in [0.3, 0.4) is 0 Å². The number of thioether (sulfide) groups is 1. The number of benzene rings is 1. The van der Waals surface area contributed by atoms with Gasteiger partial charge in [-0.2, -0.15) is 13.9 Å². The Hall–Kier alpha value is -2.99. The highest BCUT2D eigenvalue weighted by atomic mass is 32.2. The Morgan fingerprint density at radius 3 is 2.91 bits per heavy atom. The van der Waals surface area contributed by atoms with Crippen molar-refractivity contribution in [2.75, 3.05) is 17.7 Å². The molecule has 1 unspecified atom stereocenters. The van der Waals surface area contributed by atoms with Crippen LogP contribution in [0.4, 0.5) is 14.5 Å². The quantitative estimate of drug-likeness (QED) is 0.486. The van der Waals surface area contributed by atoms with Gasteiger partial charge in [0.15, 0.2) is 11.0 Å². The summed E-state index contributed by atoms with van der Waals surface area (Å²) in [4.78, 5) is 12.5. The maximum atomic E-state index is 12.6. The van der Waals surface area contributed by atoms with Crippen LogP contribution in [0.2, 0.25) is 0 Å². The lowest BCUT2D eigenvalue weighted by Crippen LogP contribution is -2.18. The molecular formula is C20H22F2N6O3S. The SMILES string of the molecule is Cn1ccc(-c2nnc(SCC(=O)Nc3ccccc3OC(F)F)n2CC2CCCO2)n1. The van der Waals surface area contributed by atoms with Crippen LogP contribution < -0.4 is 10.1 Å². The highest BCUT2D eigenvalue weighted by Gasteiger charge is 2.23. The van der Waals surface area contributed by atoms with Gasteiger partial charge < -0.3 is 14.8 Å². The zero-order valence-electron chi connectivity index (χ0n) is 17.3. The van der Waals surface area contributed by atoms with E-state index in [1.807, 2.05) is 23.9 Å². The fraction of sp³-hybridized carbons (Fsp3) is 0.400. The molecule has 0 bridgehead atoms. The molecule has 1 amide bonds. The van der Waals surface area contributed by atoms with E-state index in [0.717, 1.165) is 19.4 Å². The summed E-state index contributed by atoms with van der Waals surface area (Å²) in [7, 11) is 1.82. The predicted molar refractivity (Wildman–Crippen MR) is 114 cm³/mol. The number of nitrogens with zero attached hydrogens (tertiary/aromatic N) is 5. The molecule has 1 N–H and O–H groups in total. The third-order valence-corrected chi connectivity index (χ3v) is 5.75. The van der Waals surface area contributed by atoms with Crippen molar-refractivity contribution in [3.05, 3.63) is 36.5 Å². The normalized spacial score (nSPS) is 15.9. The van der Waals surface area contributed by atoms with Crippen LogP contribution in [0.5, 0.6) is 5.75 Å². The minimum atomic E-state index is -2.98. The minimum absolute atomic E-state index is 0.00882. The van der Waals surface area contributed by atoms with Crippen molar-refractivity contribution in [1.29, 1.82) is 0 Å². The van der Waals surface area contributed by atoms with Crippen LogP contribution in [0.15, 0.2) is 41.7 Å². The first-order chi connectivity index (χ1) is 15.5. The Morgan fingerprint density at radius 2 is 2.19 bits per heavy atom. The van der Waals surface area contributed by atoms with E-state index in [1.54, 1.807) is 16.8 Å². The molecule has 1 fully saturated rings. The number of nitrogens with one attached hydrogen (secondary N) is 1. The van der Waals surface area contributed by atoms with Crippen molar-refractivity contribution in [3.63, 3.8) is 0 Å². The third kappa shape index (κ3) is 5.43. The average Bonchev–Trinajstić information content (AvgIpc) is 3.50. The van der Waals surface area contributed by atoms with Crippen molar-refractivity contribution in [2.45, 2.75) is 37.3 Å². The zero-order valence-corrected chi connectivity index (χ0v) is 18.1. The molecule has 1 saturated heterocycles. The molecule has 1 aliphatic rings. The van der Waals surface area contributed by atoms with Gasteiger partial charge >= 0.3 is 6.61 Å². The Morgan fingerprint density at radius 1 is 1.34 bits per heavy atom. The molecule has 12 heteroatoms. The Balaban J connectivity index is 1.47. The predicted octanol–water partition coefficient (Wildman–Crippen LogP) is 3.19. The molecule has 0 saturated carbocycles. The molecule has 0 spiro atoms. The summed E-state index contributed by atoms with van der Waals surface area (Å²) in [5.41, 5.74) is 0.848. The number of halogens is 2. The van der Waals surface area contributed by atoms with Crippen LogP contribution >= 0.6 is 11.8 Å². The number of para-hydroxylation sites is 2.